The lowest BCUT2D eigenvalue weighted by Crippen LogP contribution is -2.26. The van der Waals surface area contributed by atoms with E-state index in [1.165, 1.54) is 10.4 Å². The highest BCUT2D eigenvalue weighted by Gasteiger charge is 2.32. The summed E-state index contributed by atoms with van der Waals surface area (Å²) in [6, 6.07) is 2.31. The molecule has 1 atom stereocenters. The standard InChI is InChI=1S/C18H26N2OS/c1-5-6-7-16(21)20-17-14(11-19)13-9-8-12(18(2,3)4)10-15(13)22-17/h12H,5-10H2,1-4H3,(H,20,21)/t12-/m0/s1. The number of carbonyl (C=O) groups excluding carboxylic acids is 1. The van der Waals surface area contributed by atoms with Crippen molar-refractivity contribution in [2.24, 2.45) is 11.3 Å². The summed E-state index contributed by atoms with van der Waals surface area (Å²) < 4.78 is 0. The van der Waals surface area contributed by atoms with Crippen LogP contribution in [0.5, 0.6) is 0 Å². The van der Waals surface area contributed by atoms with Gasteiger partial charge in [0.15, 0.2) is 0 Å². The normalized spacial score (nSPS) is 17.7. The Balaban J connectivity index is 2.20. The summed E-state index contributed by atoms with van der Waals surface area (Å²) in [5.74, 6) is 0.679. The molecule has 2 rings (SSSR count). The van der Waals surface area contributed by atoms with Crippen LogP contribution in [0.15, 0.2) is 0 Å². The van der Waals surface area contributed by atoms with Crippen molar-refractivity contribution in [3.8, 4) is 6.07 Å². The topological polar surface area (TPSA) is 52.9 Å². The van der Waals surface area contributed by atoms with Crippen molar-refractivity contribution in [1.29, 1.82) is 5.26 Å². The second-order valence-electron chi connectivity index (χ2n) is 7.28. The molecule has 0 aromatic carbocycles. The van der Waals surface area contributed by atoms with Crippen molar-refractivity contribution in [2.75, 3.05) is 5.32 Å². The molecular weight excluding hydrogens is 292 g/mol. The van der Waals surface area contributed by atoms with Crippen LogP contribution in [0, 0.1) is 22.7 Å². The highest BCUT2D eigenvalue weighted by atomic mass is 32.1. The fourth-order valence-corrected chi connectivity index (χ4v) is 4.35. The van der Waals surface area contributed by atoms with Gasteiger partial charge in [-0.15, -0.1) is 11.3 Å². The van der Waals surface area contributed by atoms with Crippen LogP contribution in [0.3, 0.4) is 0 Å². The molecule has 1 aromatic heterocycles. The average molecular weight is 318 g/mol. The molecular formula is C18H26N2OS. The second-order valence-corrected chi connectivity index (χ2v) is 8.38. The Bertz CT molecular complexity index is 589. The van der Waals surface area contributed by atoms with Gasteiger partial charge in [0.05, 0.1) is 5.56 Å². The number of nitriles is 1. The molecule has 0 aliphatic heterocycles. The fourth-order valence-electron chi connectivity index (χ4n) is 3.06. The van der Waals surface area contributed by atoms with Gasteiger partial charge in [-0.25, -0.2) is 0 Å². The molecule has 0 fully saturated rings. The minimum Gasteiger partial charge on any atom is -0.317 e. The smallest absolute Gasteiger partial charge is 0.225 e. The van der Waals surface area contributed by atoms with Gasteiger partial charge in [-0.2, -0.15) is 5.26 Å². The summed E-state index contributed by atoms with van der Waals surface area (Å²) in [5.41, 5.74) is 2.18. The summed E-state index contributed by atoms with van der Waals surface area (Å²) in [6.45, 7) is 8.93. The van der Waals surface area contributed by atoms with Gasteiger partial charge in [-0.1, -0.05) is 34.1 Å². The van der Waals surface area contributed by atoms with Crippen LogP contribution in [0.2, 0.25) is 0 Å². The Labute approximate surface area is 137 Å². The van der Waals surface area contributed by atoms with Crippen molar-refractivity contribution in [3.05, 3.63) is 16.0 Å². The second kappa shape index (κ2) is 6.83. The zero-order valence-corrected chi connectivity index (χ0v) is 14.9. The van der Waals surface area contributed by atoms with E-state index in [2.05, 4.69) is 39.1 Å². The van der Waals surface area contributed by atoms with Gasteiger partial charge in [-0.3, -0.25) is 4.79 Å². The van der Waals surface area contributed by atoms with Crippen LogP contribution in [0.1, 0.15) is 69.4 Å². The van der Waals surface area contributed by atoms with Crippen molar-refractivity contribution < 1.29 is 4.79 Å². The van der Waals surface area contributed by atoms with Crippen molar-refractivity contribution in [2.45, 2.75) is 66.2 Å². The van der Waals surface area contributed by atoms with E-state index in [1.807, 2.05) is 0 Å². The third kappa shape index (κ3) is 3.70. The quantitative estimate of drug-likeness (QED) is 0.858. The predicted molar refractivity (Wildman–Crippen MR) is 92.2 cm³/mol. The molecule has 1 aliphatic rings. The van der Waals surface area contributed by atoms with Gasteiger partial charge in [-0.05, 0) is 42.6 Å². The average Bonchev–Trinajstić information content (AvgIpc) is 2.80. The van der Waals surface area contributed by atoms with E-state index in [1.54, 1.807) is 11.3 Å². The lowest BCUT2D eigenvalue weighted by molar-refractivity contribution is -0.116. The Morgan fingerprint density at radius 3 is 2.77 bits per heavy atom. The number of nitrogens with one attached hydrogen (secondary N) is 1. The summed E-state index contributed by atoms with van der Waals surface area (Å²) in [7, 11) is 0. The highest BCUT2D eigenvalue weighted by molar-refractivity contribution is 7.16. The van der Waals surface area contributed by atoms with E-state index in [0.29, 0.717) is 23.3 Å². The Kier molecular flexibility index (Phi) is 5.28. The summed E-state index contributed by atoms with van der Waals surface area (Å²) in [5, 5.41) is 13.2. The first-order valence-electron chi connectivity index (χ1n) is 8.21. The molecule has 3 nitrogen and oxygen atoms in total. The molecule has 0 spiro atoms. The molecule has 0 radical (unpaired) electrons. The largest absolute Gasteiger partial charge is 0.317 e. The molecule has 0 unspecified atom stereocenters. The molecule has 120 valence electrons. The molecule has 1 aromatic rings. The number of anilines is 1. The number of amides is 1. The molecule has 1 N–H and O–H groups in total. The van der Waals surface area contributed by atoms with Crippen molar-refractivity contribution >= 4 is 22.2 Å². The van der Waals surface area contributed by atoms with Crippen LogP contribution in [0.4, 0.5) is 5.00 Å². The highest BCUT2D eigenvalue weighted by Crippen LogP contribution is 2.43. The van der Waals surface area contributed by atoms with Gasteiger partial charge >= 0.3 is 0 Å². The van der Waals surface area contributed by atoms with E-state index in [0.717, 1.165) is 37.1 Å². The van der Waals surface area contributed by atoms with Crippen LogP contribution >= 0.6 is 11.3 Å². The summed E-state index contributed by atoms with van der Waals surface area (Å²) >= 11 is 1.61. The van der Waals surface area contributed by atoms with Gasteiger partial charge < -0.3 is 5.32 Å². The lowest BCUT2D eigenvalue weighted by atomic mass is 9.72. The first-order valence-corrected chi connectivity index (χ1v) is 9.03. The minimum atomic E-state index is 0.0318. The Hall–Kier alpha value is -1.34. The molecule has 4 heteroatoms. The first kappa shape index (κ1) is 17.0. The number of nitrogens with zero attached hydrogens (tertiary/aromatic N) is 1. The molecule has 1 aliphatic carbocycles. The minimum absolute atomic E-state index is 0.0318. The van der Waals surface area contributed by atoms with E-state index < -0.39 is 0 Å². The van der Waals surface area contributed by atoms with Gasteiger partial charge in [0.1, 0.15) is 11.1 Å². The van der Waals surface area contributed by atoms with Crippen LogP contribution in [-0.4, -0.2) is 5.91 Å². The van der Waals surface area contributed by atoms with Crippen molar-refractivity contribution in [3.63, 3.8) is 0 Å². The maximum Gasteiger partial charge on any atom is 0.225 e. The number of hydrogen-bond donors (Lipinski definition) is 1. The molecule has 0 saturated heterocycles. The third-order valence-electron chi connectivity index (χ3n) is 4.61. The molecule has 1 heterocycles. The monoisotopic (exact) mass is 318 g/mol. The maximum absolute atomic E-state index is 12.0. The number of thiophene rings is 1. The molecule has 0 saturated carbocycles. The first-order chi connectivity index (χ1) is 10.4. The molecule has 0 bridgehead atoms. The number of hydrogen-bond acceptors (Lipinski definition) is 3. The third-order valence-corrected chi connectivity index (χ3v) is 5.78. The fraction of sp³-hybridized carbons (Fsp3) is 0.667. The van der Waals surface area contributed by atoms with E-state index in [4.69, 9.17) is 0 Å². The molecule has 22 heavy (non-hydrogen) atoms. The van der Waals surface area contributed by atoms with Gasteiger partial charge in [0, 0.05) is 11.3 Å². The Morgan fingerprint density at radius 1 is 1.45 bits per heavy atom. The van der Waals surface area contributed by atoms with Crippen LogP contribution in [-0.2, 0) is 17.6 Å². The molecule has 1 amide bonds. The zero-order chi connectivity index (χ0) is 16.3. The van der Waals surface area contributed by atoms with E-state index >= 15 is 0 Å². The summed E-state index contributed by atoms with van der Waals surface area (Å²) in [4.78, 5) is 13.3. The number of rotatable bonds is 4. The van der Waals surface area contributed by atoms with Crippen molar-refractivity contribution in [1.82, 2.24) is 0 Å². The summed E-state index contributed by atoms with van der Waals surface area (Å²) in [6.07, 6.45) is 5.56. The predicted octanol–water partition coefficient (Wildman–Crippen LogP) is 4.90. The maximum atomic E-state index is 12.0. The van der Waals surface area contributed by atoms with Gasteiger partial charge in [0.2, 0.25) is 5.91 Å². The van der Waals surface area contributed by atoms with Gasteiger partial charge in [0.25, 0.3) is 0 Å². The number of fused-ring (bicyclic) bond motifs is 1. The zero-order valence-electron chi connectivity index (χ0n) is 14.1. The Morgan fingerprint density at radius 2 is 2.18 bits per heavy atom. The number of carbonyl (C=O) groups is 1. The number of unbranched alkanes of at least 4 members (excludes halogenated alkanes) is 1. The van der Waals surface area contributed by atoms with Crippen LogP contribution in [0.25, 0.3) is 0 Å². The van der Waals surface area contributed by atoms with Crippen LogP contribution < -0.4 is 5.32 Å². The van der Waals surface area contributed by atoms with E-state index in [9.17, 15) is 10.1 Å². The van der Waals surface area contributed by atoms with E-state index in [-0.39, 0.29) is 5.91 Å². The SMILES string of the molecule is CCCCC(=O)Nc1sc2c(c1C#N)CC[C@H](C(C)(C)C)C2. The lowest BCUT2D eigenvalue weighted by Gasteiger charge is -2.33.